The molecule has 3 rings (SSSR count). The van der Waals surface area contributed by atoms with Crippen molar-refractivity contribution in [2.24, 2.45) is 0 Å². The van der Waals surface area contributed by atoms with Crippen LogP contribution < -0.4 is 10.1 Å². The van der Waals surface area contributed by atoms with Crippen molar-refractivity contribution in [3.8, 4) is 11.5 Å². The van der Waals surface area contributed by atoms with Crippen LogP contribution in [0.2, 0.25) is 0 Å². The maximum Gasteiger partial charge on any atom is 0.255 e. The van der Waals surface area contributed by atoms with Crippen LogP contribution in [0.3, 0.4) is 0 Å². The Balaban J connectivity index is 1.80. The highest BCUT2D eigenvalue weighted by Gasteiger charge is 2.27. The summed E-state index contributed by atoms with van der Waals surface area (Å²) in [5.74, 6) is 0.585. The number of amides is 1. The normalized spacial score (nSPS) is 13.0. The van der Waals surface area contributed by atoms with Crippen molar-refractivity contribution in [3.63, 3.8) is 0 Å². The summed E-state index contributed by atoms with van der Waals surface area (Å²) < 4.78 is 6.49. The van der Waals surface area contributed by atoms with Crippen LogP contribution >= 0.6 is 0 Å². The number of nitrogens with one attached hydrogen (secondary N) is 1. The molecule has 1 atom stereocenters. The highest BCUT2D eigenvalue weighted by molar-refractivity contribution is 6.03. The molecule has 35 heavy (non-hydrogen) atoms. The van der Waals surface area contributed by atoms with E-state index >= 15 is 0 Å². The molecule has 0 spiro atoms. The molecule has 4 nitrogen and oxygen atoms in total. The molecule has 1 unspecified atom stereocenters. The summed E-state index contributed by atoms with van der Waals surface area (Å²) in [4.78, 5) is 12.9. The Bertz CT molecular complexity index is 1180. The second-order valence-electron chi connectivity index (χ2n) is 10.7. The topological polar surface area (TPSA) is 58.6 Å². The molecule has 1 amide bonds. The molecule has 3 aromatic rings. The van der Waals surface area contributed by atoms with Gasteiger partial charge >= 0.3 is 0 Å². The first-order valence-corrected chi connectivity index (χ1v) is 12.8. The monoisotopic (exact) mass is 475 g/mol. The number of fused-ring (bicyclic) bond motifs is 1. The van der Waals surface area contributed by atoms with Crippen molar-refractivity contribution in [2.75, 3.05) is 6.54 Å². The summed E-state index contributed by atoms with van der Waals surface area (Å²) in [5.41, 5.74) is 2.86. The maximum atomic E-state index is 12.9. The second-order valence-corrected chi connectivity index (χ2v) is 10.7. The van der Waals surface area contributed by atoms with Crippen LogP contribution in [-0.2, 0) is 10.8 Å². The number of ether oxygens (including phenoxy) is 1. The fourth-order valence-electron chi connectivity index (χ4n) is 4.17. The van der Waals surface area contributed by atoms with Gasteiger partial charge in [0.1, 0.15) is 17.6 Å². The maximum absolute atomic E-state index is 12.9. The molecule has 3 aromatic carbocycles. The molecule has 0 heterocycles. The predicted octanol–water partition coefficient (Wildman–Crippen LogP) is 7.51. The van der Waals surface area contributed by atoms with Gasteiger partial charge in [0.2, 0.25) is 0 Å². The number of rotatable bonds is 10. The van der Waals surface area contributed by atoms with Crippen LogP contribution in [0.1, 0.15) is 89.2 Å². The van der Waals surface area contributed by atoms with Crippen LogP contribution in [-0.4, -0.2) is 23.7 Å². The van der Waals surface area contributed by atoms with E-state index in [1.165, 1.54) is 11.1 Å². The largest absolute Gasteiger partial charge is 0.506 e. The van der Waals surface area contributed by atoms with Crippen LogP contribution in [0.25, 0.3) is 10.8 Å². The average Bonchev–Trinajstić information content (AvgIpc) is 2.86. The molecule has 2 N–H and O–H groups in total. The fourth-order valence-corrected chi connectivity index (χ4v) is 4.17. The lowest BCUT2D eigenvalue weighted by Gasteiger charge is -2.31. The quantitative estimate of drug-likeness (QED) is 0.319. The van der Waals surface area contributed by atoms with E-state index in [1.807, 2.05) is 30.3 Å². The van der Waals surface area contributed by atoms with E-state index in [4.69, 9.17) is 4.74 Å². The van der Waals surface area contributed by atoms with Gasteiger partial charge in [-0.3, -0.25) is 4.79 Å². The van der Waals surface area contributed by atoms with Crippen LogP contribution in [0.4, 0.5) is 0 Å². The molecule has 0 aromatic heterocycles. The Labute approximate surface area is 210 Å². The third-order valence-electron chi connectivity index (χ3n) is 7.64. The molecule has 0 radical (unpaired) electrons. The molecular weight excluding hydrogens is 434 g/mol. The second kappa shape index (κ2) is 10.7. The van der Waals surface area contributed by atoms with Crippen LogP contribution in [0, 0.1) is 0 Å². The summed E-state index contributed by atoms with van der Waals surface area (Å²) in [5, 5.41) is 15.2. The smallest absolute Gasteiger partial charge is 0.255 e. The van der Waals surface area contributed by atoms with E-state index in [0.29, 0.717) is 11.9 Å². The number of benzene rings is 3. The first-order chi connectivity index (χ1) is 16.5. The van der Waals surface area contributed by atoms with Gasteiger partial charge in [-0.2, -0.15) is 0 Å². The lowest BCUT2D eigenvalue weighted by atomic mass is 9.76. The fraction of sp³-hybridized carbons (Fsp3) is 0.452. The van der Waals surface area contributed by atoms with Crippen molar-refractivity contribution in [1.82, 2.24) is 5.32 Å². The molecule has 188 valence electrons. The van der Waals surface area contributed by atoms with Crippen molar-refractivity contribution in [2.45, 2.75) is 84.7 Å². The predicted molar refractivity (Wildman–Crippen MR) is 146 cm³/mol. The van der Waals surface area contributed by atoms with Crippen LogP contribution in [0.15, 0.2) is 54.6 Å². The van der Waals surface area contributed by atoms with Gasteiger partial charge in [0.25, 0.3) is 5.91 Å². The molecule has 0 bridgehead atoms. The average molecular weight is 476 g/mol. The highest BCUT2D eigenvalue weighted by atomic mass is 16.5. The van der Waals surface area contributed by atoms with Gasteiger partial charge in [-0.25, -0.2) is 0 Å². The van der Waals surface area contributed by atoms with Gasteiger partial charge in [0.15, 0.2) is 0 Å². The SMILES string of the molecule is CCC(CNC(=O)c1ccc2ccccc2c1O)Oc1ccc(C(C)(C)CC)cc1C(C)(C)CC. The van der Waals surface area contributed by atoms with Gasteiger partial charge in [0.05, 0.1) is 12.1 Å². The van der Waals surface area contributed by atoms with Crippen molar-refractivity contribution < 1.29 is 14.6 Å². The summed E-state index contributed by atoms with van der Waals surface area (Å²) in [6.07, 6.45) is 2.62. The number of phenols is 1. The third kappa shape index (κ3) is 5.80. The zero-order chi connectivity index (χ0) is 25.8. The summed E-state index contributed by atoms with van der Waals surface area (Å²) in [6, 6.07) is 17.6. The number of aromatic hydroxyl groups is 1. The molecule has 0 saturated carbocycles. The summed E-state index contributed by atoms with van der Waals surface area (Å²) in [7, 11) is 0. The van der Waals surface area contributed by atoms with E-state index < -0.39 is 0 Å². The molecule has 0 aliphatic heterocycles. The lowest BCUT2D eigenvalue weighted by molar-refractivity contribution is 0.0922. The molecule has 4 heteroatoms. The zero-order valence-electron chi connectivity index (χ0n) is 22.4. The Morgan fingerprint density at radius 2 is 1.63 bits per heavy atom. The highest BCUT2D eigenvalue weighted by Crippen LogP contribution is 2.39. The molecule has 0 aliphatic rings. The third-order valence-corrected chi connectivity index (χ3v) is 7.64. The summed E-state index contributed by atoms with van der Waals surface area (Å²) in [6.45, 7) is 15.9. The minimum Gasteiger partial charge on any atom is -0.506 e. The zero-order valence-corrected chi connectivity index (χ0v) is 22.4. The van der Waals surface area contributed by atoms with E-state index in [2.05, 4.69) is 72.0 Å². The Morgan fingerprint density at radius 3 is 2.29 bits per heavy atom. The van der Waals surface area contributed by atoms with Crippen LogP contribution in [0.5, 0.6) is 11.5 Å². The van der Waals surface area contributed by atoms with E-state index in [1.54, 1.807) is 6.07 Å². The molecular formula is C31H41NO3. The van der Waals surface area contributed by atoms with Crippen molar-refractivity contribution in [3.05, 3.63) is 71.3 Å². The van der Waals surface area contributed by atoms with E-state index in [0.717, 1.165) is 30.4 Å². The Morgan fingerprint density at radius 1 is 0.943 bits per heavy atom. The first-order valence-electron chi connectivity index (χ1n) is 12.8. The van der Waals surface area contributed by atoms with Crippen molar-refractivity contribution in [1.29, 1.82) is 0 Å². The Hall–Kier alpha value is -3.01. The Kier molecular flexibility index (Phi) is 8.15. The standard InChI is InChI=1S/C31H41NO3/c1-8-23(20-32-29(34)25-17-15-21-13-11-12-14-24(21)28(25)33)35-27-18-16-22(30(4,5)9-2)19-26(27)31(6,7)10-3/h11-19,23,33H,8-10,20H2,1-7H3,(H,32,34). The molecule has 0 aliphatic carbocycles. The minimum atomic E-state index is -0.301. The van der Waals surface area contributed by atoms with E-state index in [9.17, 15) is 9.90 Å². The minimum absolute atomic E-state index is 0.00989. The van der Waals surface area contributed by atoms with Gasteiger partial charge < -0.3 is 15.2 Å². The number of hydrogen-bond donors (Lipinski definition) is 2. The summed E-state index contributed by atoms with van der Waals surface area (Å²) >= 11 is 0. The van der Waals surface area contributed by atoms with Gasteiger partial charge in [-0.1, -0.05) is 90.9 Å². The van der Waals surface area contributed by atoms with E-state index in [-0.39, 0.29) is 34.2 Å². The number of phenolic OH excluding ortho intramolecular Hbond substituents is 1. The van der Waals surface area contributed by atoms with Gasteiger partial charge in [-0.05, 0) is 53.2 Å². The number of carbonyl (C=O) groups excluding carboxylic acids is 1. The van der Waals surface area contributed by atoms with Gasteiger partial charge in [0, 0.05) is 10.9 Å². The number of hydrogen-bond acceptors (Lipinski definition) is 3. The number of carbonyl (C=O) groups is 1. The first kappa shape index (κ1) is 26.6. The van der Waals surface area contributed by atoms with Crippen molar-refractivity contribution >= 4 is 16.7 Å². The molecule has 0 saturated heterocycles. The lowest BCUT2D eigenvalue weighted by Crippen LogP contribution is -2.35. The molecule has 0 fully saturated rings. The van der Waals surface area contributed by atoms with Gasteiger partial charge in [-0.15, -0.1) is 0 Å².